The number of halogens is 2. The molecular weight excluding hydrogens is 269 g/mol. The van der Waals surface area contributed by atoms with Crippen LogP contribution >= 0.6 is 15.9 Å². The summed E-state index contributed by atoms with van der Waals surface area (Å²) < 4.78 is 13.3. The molecule has 0 aliphatic heterocycles. The average Bonchev–Trinajstić information content (AvgIpc) is 2.12. The van der Waals surface area contributed by atoms with Crippen molar-refractivity contribution in [1.82, 2.24) is 10.9 Å². The number of carbonyl (C=O) groups excluding carboxylic acids is 2. The Hall–Kier alpha value is -1.63. The lowest BCUT2D eigenvalue weighted by Gasteiger charge is -2.05. The SMILES string of the molecule is NC(=O)NNC(=O)c1cc(F)cc(Br)c1. The average molecular weight is 276 g/mol. The van der Waals surface area contributed by atoms with Crippen LogP contribution in [0.25, 0.3) is 0 Å². The maximum Gasteiger partial charge on any atom is 0.330 e. The molecule has 15 heavy (non-hydrogen) atoms. The first-order valence-corrected chi connectivity index (χ1v) is 4.60. The predicted molar refractivity (Wildman–Crippen MR) is 54.3 cm³/mol. The van der Waals surface area contributed by atoms with E-state index in [4.69, 9.17) is 5.73 Å². The van der Waals surface area contributed by atoms with Crippen molar-refractivity contribution >= 4 is 27.9 Å². The molecule has 0 saturated heterocycles. The van der Waals surface area contributed by atoms with Crippen LogP contribution in [0, 0.1) is 5.82 Å². The third-order valence-electron chi connectivity index (χ3n) is 1.42. The lowest BCUT2D eigenvalue weighted by Crippen LogP contribution is -2.44. The van der Waals surface area contributed by atoms with E-state index in [0.29, 0.717) is 4.47 Å². The van der Waals surface area contributed by atoms with Crippen LogP contribution in [-0.2, 0) is 0 Å². The zero-order valence-corrected chi connectivity index (χ0v) is 8.97. The van der Waals surface area contributed by atoms with Gasteiger partial charge < -0.3 is 5.73 Å². The molecule has 0 aliphatic carbocycles. The van der Waals surface area contributed by atoms with Crippen LogP contribution in [0.1, 0.15) is 10.4 Å². The second-order valence-corrected chi connectivity index (χ2v) is 3.52. The highest BCUT2D eigenvalue weighted by molar-refractivity contribution is 9.10. The summed E-state index contributed by atoms with van der Waals surface area (Å²) in [6.07, 6.45) is 0. The van der Waals surface area contributed by atoms with E-state index in [9.17, 15) is 14.0 Å². The maximum atomic E-state index is 12.9. The number of carbonyl (C=O) groups is 2. The Morgan fingerprint density at radius 3 is 2.47 bits per heavy atom. The van der Waals surface area contributed by atoms with Crippen molar-refractivity contribution in [3.05, 3.63) is 34.1 Å². The molecule has 1 rings (SSSR count). The molecule has 0 atom stereocenters. The molecule has 0 bridgehead atoms. The normalized spacial score (nSPS) is 9.47. The molecule has 0 heterocycles. The molecule has 1 aromatic carbocycles. The molecule has 4 N–H and O–H groups in total. The number of rotatable bonds is 1. The summed E-state index contributed by atoms with van der Waals surface area (Å²) >= 11 is 3.03. The fourth-order valence-corrected chi connectivity index (χ4v) is 1.34. The number of urea groups is 1. The van der Waals surface area contributed by atoms with Gasteiger partial charge in [0.1, 0.15) is 5.82 Å². The molecule has 5 nitrogen and oxygen atoms in total. The summed E-state index contributed by atoms with van der Waals surface area (Å²) in [6.45, 7) is 0. The number of hydrazine groups is 1. The van der Waals surface area contributed by atoms with E-state index in [0.717, 1.165) is 6.07 Å². The van der Waals surface area contributed by atoms with E-state index in [1.807, 2.05) is 10.9 Å². The standard InChI is InChI=1S/C8H7BrFN3O2/c9-5-1-4(2-6(10)3-5)7(14)12-13-8(11)15/h1-3H,(H,12,14)(H3,11,13,15). The summed E-state index contributed by atoms with van der Waals surface area (Å²) in [5, 5.41) is 0. The minimum Gasteiger partial charge on any atom is -0.350 e. The lowest BCUT2D eigenvalue weighted by atomic mass is 10.2. The third-order valence-corrected chi connectivity index (χ3v) is 1.88. The first-order valence-electron chi connectivity index (χ1n) is 3.81. The van der Waals surface area contributed by atoms with Crippen LogP contribution in [0.15, 0.2) is 22.7 Å². The van der Waals surface area contributed by atoms with Crippen LogP contribution < -0.4 is 16.6 Å². The van der Waals surface area contributed by atoms with Crippen LogP contribution in [-0.4, -0.2) is 11.9 Å². The number of nitrogens with two attached hydrogens (primary N) is 1. The van der Waals surface area contributed by atoms with Gasteiger partial charge in [0.15, 0.2) is 0 Å². The quantitative estimate of drug-likeness (QED) is 0.666. The molecular formula is C8H7BrFN3O2. The van der Waals surface area contributed by atoms with Crippen molar-refractivity contribution in [3.8, 4) is 0 Å². The first kappa shape index (κ1) is 11.4. The first-order chi connectivity index (χ1) is 6.99. The van der Waals surface area contributed by atoms with Crippen LogP contribution in [0.2, 0.25) is 0 Å². The Bertz CT molecular complexity index is 391. The molecule has 80 valence electrons. The van der Waals surface area contributed by atoms with Gasteiger partial charge in [0.25, 0.3) is 5.91 Å². The number of amides is 3. The highest BCUT2D eigenvalue weighted by Gasteiger charge is 2.08. The molecule has 0 saturated carbocycles. The second kappa shape index (κ2) is 4.74. The smallest absolute Gasteiger partial charge is 0.330 e. The molecule has 0 aromatic heterocycles. The maximum absolute atomic E-state index is 12.9. The molecule has 0 spiro atoms. The van der Waals surface area contributed by atoms with Crippen molar-refractivity contribution in [2.75, 3.05) is 0 Å². The molecule has 3 amide bonds. The molecule has 1 aromatic rings. The monoisotopic (exact) mass is 275 g/mol. The Kier molecular flexibility index (Phi) is 3.62. The Balaban J connectivity index is 2.77. The van der Waals surface area contributed by atoms with Gasteiger partial charge in [-0.2, -0.15) is 0 Å². The number of hydrogen-bond donors (Lipinski definition) is 3. The van der Waals surface area contributed by atoms with Gasteiger partial charge in [-0.1, -0.05) is 15.9 Å². The van der Waals surface area contributed by atoms with E-state index in [-0.39, 0.29) is 5.56 Å². The Morgan fingerprint density at radius 2 is 1.93 bits per heavy atom. The van der Waals surface area contributed by atoms with Crippen LogP contribution in [0.5, 0.6) is 0 Å². The zero-order valence-electron chi connectivity index (χ0n) is 7.38. The number of benzene rings is 1. The van der Waals surface area contributed by atoms with Crippen molar-refractivity contribution in [3.63, 3.8) is 0 Å². The summed E-state index contributed by atoms with van der Waals surface area (Å²) in [5.74, 6) is -1.22. The van der Waals surface area contributed by atoms with Gasteiger partial charge >= 0.3 is 6.03 Å². The molecule has 7 heteroatoms. The van der Waals surface area contributed by atoms with Crippen molar-refractivity contribution in [1.29, 1.82) is 0 Å². The van der Waals surface area contributed by atoms with Gasteiger partial charge in [-0.3, -0.25) is 10.2 Å². The van der Waals surface area contributed by atoms with E-state index >= 15 is 0 Å². The number of primary amides is 1. The van der Waals surface area contributed by atoms with Crippen LogP contribution in [0.3, 0.4) is 0 Å². The number of hydrogen-bond acceptors (Lipinski definition) is 2. The largest absolute Gasteiger partial charge is 0.350 e. The summed E-state index contributed by atoms with van der Waals surface area (Å²) in [6, 6.07) is 2.74. The van der Waals surface area contributed by atoms with Gasteiger partial charge in [-0.25, -0.2) is 14.6 Å². The third kappa shape index (κ3) is 3.55. The highest BCUT2D eigenvalue weighted by atomic mass is 79.9. The van der Waals surface area contributed by atoms with Gasteiger partial charge in [-0.15, -0.1) is 0 Å². The van der Waals surface area contributed by atoms with Crippen molar-refractivity contribution < 1.29 is 14.0 Å². The molecule has 0 aliphatic rings. The minimum atomic E-state index is -0.904. The fourth-order valence-electron chi connectivity index (χ4n) is 0.875. The highest BCUT2D eigenvalue weighted by Crippen LogP contribution is 2.14. The summed E-state index contributed by atoms with van der Waals surface area (Å²) in [7, 11) is 0. The second-order valence-electron chi connectivity index (χ2n) is 2.60. The molecule has 0 radical (unpaired) electrons. The fraction of sp³-hybridized carbons (Fsp3) is 0. The van der Waals surface area contributed by atoms with E-state index in [2.05, 4.69) is 15.9 Å². The van der Waals surface area contributed by atoms with Crippen molar-refractivity contribution in [2.45, 2.75) is 0 Å². The van der Waals surface area contributed by atoms with E-state index < -0.39 is 17.8 Å². The minimum absolute atomic E-state index is 0.0654. The van der Waals surface area contributed by atoms with Gasteiger partial charge in [0.05, 0.1) is 0 Å². The Morgan fingerprint density at radius 1 is 1.27 bits per heavy atom. The molecule has 0 fully saturated rings. The van der Waals surface area contributed by atoms with Gasteiger partial charge in [0.2, 0.25) is 0 Å². The van der Waals surface area contributed by atoms with Gasteiger partial charge in [-0.05, 0) is 18.2 Å². The number of nitrogens with one attached hydrogen (secondary N) is 2. The summed E-state index contributed by atoms with van der Waals surface area (Å²) in [5.41, 5.74) is 8.68. The van der Waals surface area contributed by atoms with Crippen LogP contribution in [0.4, 0.5) is 9.18 Å². The topological polar surface area (TPSA) is 84.2 Å². The molecule has 0 unspecified atom stereocenters. The van der Waals surface area contributed by atoms with Gasteiger partial charge in [0, 0.05) is 10.0 Å². The van der Waals surface area contributed by atoms with Crippen molar-refractivity contribution in [2.24, 2.45) is 5.73 Å². The summed E-state index contributed by atoms with van der Waals surface area (Å²) in [4.78, 5) is 21.6. The zero-order chi connectivity index (χ0) is 11.4. The van der Waals surface area contributed by atoms with E-state index in [1.165, 1.54) is 12.1 Å². The Labute approximate surface area is 92.9 Å². The predicted octanol–water partition coefficient (Wildman–Crippen LogP) is 0.901. The van der Waals surface area contributed by atoms with E-state index in [1.54, 1.807) is 0 Å². The lowest BCUT2D eigenvalue weighted by molar-refractivity contribution is 0.0937.